The zero-order chi connectivity index (χ0) is 12.8. The highest BCUT2D eigenvalue weighted by Crippen LogP contribution is 2.14. The van der Waals surface area contributed by atoms with Crippen LogP contribution in [0, 0.1) is 0 Å². The lowest BCUT2D eigenvalue weighted by Crippen LogP contribution is -2.12. The van der Waals surface area contributed by atoms with E-state index in [4.69, 9.17) is 0 Å². The molecule has 0 radical (unpaired) electrons. The molecule has 0 spiro atoms. The summed E-state index contributed by atoms with van der Waals surface area (Å²) in [6.07, 6.45) is 9.26. The zero-order valence-electron chi connectivity index (χ0n) is 10.9. The van der Waals surface area contributed by atoms with Crippen LogP contribution in [0.4, 0.5) is 0 Å². The number of rotatable bonds is 7. The molecule has 0 aliphatic carbocycles. The van der Waals surface area contributed by atoms with Crippen molar-refractivity contribution in [3.8, 4) is 0 Å². The second-order valence-electron chi connectivity index (χ2n) is 4.62. The maximum atomic E-state index is 12.0. The Morgan fingerprint density at radius 1 is 1.22 bits per heavy atom. The molecule has 0 aliphatic rings. The van der Waals surface area contributed by atoms with Gasteiger partial charge in [-0.05, 0) is 30.1 Å². The van der Waals surface area contributed by atoms with E-state index in [-0.39, 0.29) is 5.56 Å². The number of unbranched alkanes of at least 4 members (excludes halogenated alkanes) is 5. The Morgan fingerprint density at radius 3 is 2.78 bits per heavy atom. The van der Waals surface area contributed by atoms with Crippen molar-refractivity contribution in [2.45, 2.75) is 52.0 Å². The largest absolute Gasteiger partial charge is 0.270 e. The first kappa shape index (κ1) is 13.3. The highest BCUT2D eigenvalue weighted by atomic mass is 32.1. The molecule has 2 heterocycles. The van der Waals surface area contributed by atoms with Crippen molar-refractivity contribution >= 4 is 21.7 Å². The Kier molecular flexibility index (Phi) is 4.93. The van der Waals surface area contributed by atoms with Gasteiger partial charge >= 0.3 is 0 Å². The van der Waals surface area contributed by atoms with Gasteiger partial charge in [0.2, 0.25) is 0 Å². The van der Waals surface area contributed by atoms with Gasteiger partial charge in [-0.15, -0.1) is 0 Å². The summed E-state index contributed by atoms with van der Waals surface area (Å²) in [4.78, 5) is 17.1. The number of aromatic nitrogens is 2. The Labute approximate surface area is 112 Å². The predicted molar refractivity (Wildman–Crippen MR) is 77.3 cm³/mol. The van der Waals surface area contributed by atoms with Crippen molar-refractivity contribution in [3.63, 3.8) is 0 Å². The van der Waals surface area contributed by atoms with Crippen LogP contribution in [-0.4, -0.2) is 8.94 Å². The van der Waals surface area contributed by atoms with Gasteiger partial charge in [-0.3, -0.25) is 8.75 Å². The maximum absolute atomic E-state index is 12.0. The third kappa shape index (κ3) is 3.19. The number of hydrogen-bond acceptors (Lipinski definition) is 3. The molecule has 2 rings (SSSR count). The second-order valence-corrected chi connectivity index (χ2v) is 5.63. The summed E-state index contributed by atoms with van der Waals surface area (Å²) in [6, 6.07) is 3.68. The number of pyridine rings is 1. The smallest absolute Gasteiger partial charge is 0.268 e. The predicted octanol–water partition coefficient (Wildman–Crippen LogP) is 3.82. The van der Waals surface area contributed by atoms with E-state index >= 15 is 0 Å². The lowest BCUT2D eigenvalue weighted by atomic mass is 10.1. The molecule has 0 aromatic carbocycles. The lowest BCUT2D eigenvalue weighted by Gasteiger charge is -2.00. The van der Waals surface area contributed by atoms with E-state index in [1.807, 2.05) is 16.1 Å². The molecule has 0 unspecified atom stereocenters. The molecule has 0 N–H and O–H groups in total. The SMILES string of the molecule is CCCCCCCCn1sc2ncccc2c1=O. The van der Waals surface area contributed by atoms with Crippen molar-refractivity contribution in [3.05, 3.63) is 28.7 Å². The van der Waals surface area contributed by atoms with E-state index in [0.29, 0.717) is 0 Å². The molecule has 18 heavy (non-hydrogen) atoms. The highest BCUT2D eigenvalue weighted by molar-refractivity contribution is 7.13. The van der Waals surface area contributed by atoms with Crippen molar-refractivity contribution in [1.29, 1.82) is 0 Å². The van der Waals surface area contributed by atoms with Crippen LogP contribution < -0.4 is 5.56 Å². The minimum Gasteiger partial charge on any atom is -0.268 e. The average molecular weight is 264 g/mol. The first-order valence-electron chi connectivity index (χ1n) is 6.77. The average Bonchev–Trinajstić information content (AvgIpc) is 2.71. The van der Waals surface area contributed by atoms with Gasteiger partial charge in [-0.1, -0.05) is 39.0 Å². The van der Waals surface area contributed by atoms with Crippen molar-refractivity contribution in [2.24, 2.45) is 0 Å². The molecular weight excluding hydrogens is 244 g/mol. The Morgan fingerprint density at radius 2 is 2.00 bits per heavy atom. The van der Waals surface area contributed by atoms with Crippen LogP contribution >= 0.6 is 11.5 Å². The minimum atomic E-state index is 0.122. The molecule has 0 bridgehead atoms. The van der Waals surface area contributed by atoms with Crippen LogP contribution in [0.2, 0.25) is 0 Å². The van der Waals surface area contributed by atoms with Gasteiger partial charge in [-0.25, -0.2) is 4.98 Å². The molecule has 0 amide bonds. The van der Waals surface area contributed by atoms with Crippen molar-refractivity contribution in [2.75, 3.05) is 0 Å². The van der Waals surface area contributed by atoms with E-state index in [0.717, 1.165) is 23.2 Å². The fraction of sp³-hybridized carbons (Fsp3) is 0.571. The standard InChI is InChI=1S/C14H20N2OS/c1-2-3-4-5-6-7-11-16-14(17)12-9-8-10-15-13(12)18-16/h8-10H,2-7,11H2,1H3. The lowest BCUT2D eigenvalue weighted by molar-refractivity contribution is 0.569. The fourth-order valence-corrected chi connectivity index (χ4v) is 3.06. The molecule has 0 saturated carbocycles. The van der Waals surface area contributed by atoms with Gasteiger partial charge < -0.3 is 0 Å². The van der Waals surface area contributed by atoms with Crippen LogP contribution in [0.1, 0.15) is 45.4 Å². The fourth-order valence-electron chi connectivity index (χ4n) is 2.09. The van der Waals surface area contributed by atoms with Gasteiger partial charge in [0.1, 0.15) is 4.83 Å². The molecule has 0 saturated heterocycles. The molecule has 2 aromatic heterocycles. The van der Waals surface area contributed by atoms with Crippen LogP contribution in [0.25, 0.3) is 10.2 Å². The highest BCUT2D eigenvalue weighted by Gasteiger charge is 2.06. The van der Waals surface area contributed by atoms with E-state index in [2.05, 4.69) is 11.9 Å². The summed E-state index contributed by atoms with van der Waals surface area (Å²) in [6.45, 7) is 3.07. The van der Waals surface area contributed by atoms with Gasteiger partial charge in [0.15, 0.2) is 0 Å². The van der Waals surface area contributed by atoms with Gasteiger partial charge in [0.05, 0.1) is 5.39 Å². The third-order valence-corrected chi connectivity index (χ3v) is 4.21. The molecule has 2 aromatic rings. The van der Waals surface area contributed by atoms with Gasteiger partial charge in [0.25, 0.3) is 5.56 Å². The molecule has 3 nitrogen and oxygen atoms in total. The summed E-state index contributed by atoms with van der Waals surface area (Å²) in [5.41, 5.74) is 0.122. The quantitative estimate of drug-likeness (QED) is 0.713. The minimum absolute atomic E-state index is 0.122. The molecule has 0 fully saturated rings. The molecule has 98 valence electrons. The summed E-state index contributed by atoms with van der Waals surface area (Å²) >= 11 is 1.49. The van der Waals surface area contributed by atoms with E-state index < -0.39 is 0 Å². The van der Waals surface area contributed by atoms with Crippen molar-refractivity contribution < 1.29 is 0 Å². The van der Waals surface area contributed by atoms with Crippen LogP contribution in [0.5, 0.6) is 0 Å². The topological polar surface area (TPSA) is 34.9 Å². The maximum Gasteiger partial charge on any atom is 0.270 e. The first-order valence-corrected chi connectivity index (χ1v) is 7.55. The van der Waals surface area contributed by atoms with E-state index in [1.54, 1.807) is 6.20 Å². The van der Waals surface area contributed by atoms with Gasteiger partial charge in [-0.2, -0.15) is 0 Å². The first-order chi connectivity index (χ1) is 8.83. The zero-order valence-corrected chi connectivity index (χ0v) is 11.7. The number of hydrogen-bond donors (Lipinski definition) is 0. The Bertz CT molecular complexity index is 544. The Balaban J connectivity index is 1.88. The van der Waals surface area contributed by atoms with Crippen LogP contribution in [-0.2, 0) is 6.54 Å². The van der Waals surface area contributed by atoms with E-state index in [1.165, 1.54) is 43.6 Å². The second kappa shape index (κ2) is 6.69. The molecule has 0 aliphatic heterocycles. The van der Waals surface area contributed by atoms with Crippen LogP contribution in [0.15, 0.2) is 23.1 Å². The molecule has 0 atom stereocenters. The van der Waals surface area contributed by atoms with E-state index in [9.17, 15) is 4.79 Å². The number of nitrogens with zero attached hydrogens (tertiary/aromatic N) is 2. The van der Waals surface area contributed by atoms with Gasteiger partial charge in [0, 0.05) is 12.7 Å². The summed E-state index contributed by atoms with van der Waals surface area (Å²) in [5.74, 6) is 0. The monoisotopic (exact) mass is 264 g/mol. The summed E-state index contributed by atoms with van der Waals surface area (Å²) in [5, 5.41) is 0.758. The van der Waals surface area contributed by atoms with Crippen LogP contribution in [0.3, 0.4) is 0 Å². The summed E-state index contributed by atoms with van der Waals surface area (Å²) in [7, 11) is 0. The third-order valence-electron chi connectivity index (χ3n) is 3.14. The van der Waals surface area contributed by atoms with Crippen molar-refractivity contribution in [1.82, 2.24) is 8.94 Å². The normalized spacial score (nSPS) is 11.2. The number of aryl methyl sites for hydroxylation is 1. The summed E-state index contributed by atoms with van der Waals surface area (Å²) < 4.78 is 1.84. The molecule has 4 heteroatoms. The molecular formula is C14H20N2OS. The Hall–Kier alpha value is -1.16. The number of fused-ring (bicyclic) bond motifs is 1.